The maximum Gasteiger partial charge on any atom is 0.255 e. The van der Waals surface area contributed by atoms with Crippen LogP contribution in [0.15, 0.2) is 48.8 Å². The molecular weight excluding hydrogens is 404 g/mol. The van der Waals surface area contributed by atoms with Crippen molar-refractivity contribution in [2.45, 2.75) is 44.2 Å². The van der Waals surface area contributed by atoms with Gasteiger partial charge in [0, 0.05) is 50.3 Å². The fourth-order valence-electron chi connectivity index (χ4n) is 4.80. The standard InChI is InChI=1S/C25H30N4O3/c30-24-18-28(25(31)19-3-2-12-26-17-19)15-16-29(24)21-6-8-22(9-7-21)32-23-10-13-27(14-11-23)20-4-1-5-20/h2-3,6-9,12,17,20,23H,1,4-5,10-11,13-16,18H2. The van der Waals surface area contributed by atoms with E-state index >= 15 is 0 Å². The summed E-state index contributed by atoms with van der Waals surface area (Å²) < 4.78 is 6.21. The molecule has 32 heavy (non-hydrogen) atoms. The van der Waals surface area contributed by atoms with Gasteiger partial charge in [0.1, 0.15) is 18.4 Å². The molecule has 1 saturated carbocycles. The lowest BCUT2D eigenvalue weighted by Crippen LogP contribution is -2.52. The summed E-state index contributed by atoms with van der Waals surface area (Å²) in [4.78, 5) is 35.3. The summed E-state index contributed by atoms with van der Waals surface area (Å²) in [6.07, 6.45) is 9.68. The molecule has 3 aliphatic rings. The van der Waals surface area contributed by atoms with Crippen LogP contribution in [0, 0.1) is 0 Å². The van der Waals surface area contributed by atoms with Gasteiger partial charge in [-0.25, -0.2) is 0 Å². The molecule has 3 heterocycles. The molecule has 0 atom stereocenters. The highest BCUT2D eigenvalue weighted by molar-refractivity contribution is 6.01. The van der Waals surface area contributed by atoms with E-state index in [-0.39, 0.29) is 24.5 Å². The molecule has 168 valence electrons. The van der Waals surface area contributed by atoms with Crippen LogP contribution >= 0.6 is 0 Å². The van der Waals surface area contributed by atoms with Crippen molar-refractivity contribution in [2.24, 2.45) is 0 Å². The summed E-state index contributed by atoms with van der Waals surface area (Å²) in [5.41, 5.74) is 1.35. The molecule has 0 spiro atoms. The van der Waals surface area contributed by atoms with E-state index in [4.69, 9.17) is 4.74 Å². The van der Waals surface area contributed by atoms with Gasteiger partial charge in [-0.1, -0.05) is 6.42 Å². The molecule has 1 aliphatic carbocycles. The Morgan fingerprint density at radius 3 is 2.38 bits per heavy atom. The number of hydrogen-bond acceptors (Lipinski definition) is 5. The number of benzene rings is 1. The first kappa shape index (κ1) is 20.9. The van der Waals surface area contributed by atoms with E-state index in [1.807, 2.05) is 24.3 Å². The van der Waals surface area contributed by atoms with E-state index < -0.39 is 0 Å². The number of piperidine rings is 1. The Bertz CT molecular complexity index is 937. The average Bonchev–Trinajstić information content (AvgIpc) is 2.80. The number of carbonyl (C=O) groups is 2. The average molecular weight is 435 g/mol. The zero-order valence-electron chi connectivity index (χ0n) is 18.4. The van der Waals surface area contributed by atoms with Crippen LogP contribution in [-0.2, 0) is 4.79 Å². The zero-order valence-corrected chi connectivity index (χ0v) is 18.4. The first-order valence-corrected chi connectivity index (χ1v) is 11.7. The summed E-state index contributed by atoms with van der Waals surface area (Å²) in [6, 6.07) is 12.1. The minimum Gasteiger partial charge on any atom is -0.490 e. The molecule has 7 heteroatoms. The predicted molar refractivity (Wildman–Crippen MR) is 122 cm³/mol. The number of hydrogen-bond donors (Lipinski definition) is 0. The summed E-state index contributed by atoms with van der Waals surface area (Å²) >= 11 is 0. The third kappa shape index (κ3) is 4.48. The van der Waals surface area contributed by atoms with Crippen LogP contribution in [0.4, 0.5) is 5.69 Å². The van der Waals surface area contributed by atoms with Crippen LogP contribution in [0.25, 0.3) is 0 Å². The van der Waals surface area contributed by atoms with E-state index in [0.29, 0.717) is 18.7 Å². The second kappa shape index (κ2) is 9.28. The first-order chi connectivity index (χ1) is 15.7. The molecule has 0 radical (unpaired) electrons. The fraction of sp³-hybridized carbons (Fsp3) is 0.480. The van der Waals surface area contributed by atoms with Crippen LogP contribution < -0.4 is 9.64 Å². The minimum atomic E-state index is -0.154. The van der Waals surface area contributed by atoms with Crippen LogP contribution in [0.5, 0.6) is 5.75 Å². The highest BCUT2D eigenvalue weighted by atomic mass is 16.5. The SMILES string of the molecule is O=C(c1cccnc1)N1CCN(c2ccc(OC3CCN(C4CCC4)CC3)cc2)C(=O)C1. The summed E-state index contributed by atoms with van der Waals surface area (Å²) in [6.45, 7) is 3.31. The summed E-state index contributed by atoms with van der Waals surface area (Å²) in [5.74, 6) is 0.623. The van der Waals surface area contributed by atoms with E-state index in [2.05, 4.69) is 9.88 Å². The van der Waals surface area contributed by atoms with Gasteiger partial charge in [0.15, 0.2) is 0 Å². The normalized spacial score (nSPS) is 20.8. The van der Waals surface area contributed by atoms with Crippen LogP contribution in [0.3, 0.4) is 0 Å². The molecule has 0 bridgehead atoms. The van der Waals surface area contributed by atoms with E-state index in [1.165, 1.54) is 25.5 Å². The van der Waals surface area contributed by atoms with Crippen LogP contribution in [0.1, 0.15) is 42.5 Å². The van der Waals surface area contributed by atoms with Gasteiger partial charge in [-0.3, -0.25) is 14.6 Å². The number of anilines is 1. The quantitative estimate of drug-likeness (QED) is 0.724. The molecule has 2 aliphatic heterocycles. The molecule has 2 amide bonds. The highest BCUT2D eigenvalue weighted by Crippen LogP contribution is 2.29. The second-order valence-corrected chi connectivity index (χ2v) is 8.95. The number of pyridine rings is 1. The monoisotopic (exact) mass is 434 g/mol. The molecular formula is C25H30N4O3. The third-order valence-electron chi connectivity index (χ3n) is 6.94. The van der Waals surface area contributed by atoms with Gasteiger partial charge in [-0.05, 0) is 62.1 Å². The topological polar surface area (TPSA) is 66.0 Å². The highest BCUT2D eigenvalue weighted by Gasteiger charge is 2.30. The number of amides is 2. The van der Waals surface area contributed by atoms with E-state index in [0.717, 1.165) is 43.4 Å². The van der Waals surface area contributed by atoms with Crippen LogP contribution in [-0.4, -0.2) is 71.5 Å². The minimum absolute atomic E-state index is 0.0749. The number of ether oxygens (including phenoxy) is 1. The van der Waals surface area contributed by atoms with Crippen molar-refractivity contribution in [1.82, 2.24) is 14.8 Å². The van der Waals surface area contributed by atoms with E-state index in [1.54, 1.807) is 28.1 Å². The van der Waals surface area contributed by atoms with Crippen molar-refractivity contribution in [3.05, 3.63) is 54.4 Å². The largest absolute Gasteiger partial charge is 0.490 e. The fourth-order valence-corrected chi connectivity index (χ4v) is 4.80. The predicted octanol–water partition coefficient (Wildman–Crippen LogP) is 2.97. The molecule has 0 unspecified atom stereocenters. The van der Waals surface area contributed by atoms with Crippen molar-refractivity contribution in [3.8, 4) is 5.75 Å². The summed E-state index contributed by atoms with van der Waals surface area (Å²) in [5, 5.41) is 0. The summed E-state index contributed by atoms with van der Waals surface area (Å²) in [7, 11) is 0. The molecule has 2 aromatic rings. The first-order valence-electron chi connectivity index (χ1n) is 11.7. The molecule has 1 aromatic heterocycles. The Morgan fingerprint density at radius 1 is 0.969 bits per heavy atom. The Labute approximate surface area is 189 Å². The molecule has 2 saturated heterocycles. The van der Waals surface area contributed by atoms with Gasteiger partial charge in [0.25, 0.3) is 5.91 Å². The number of piperazine rings is 1. The van der Waals surface area contributed by atoms with Gasteiger partial charge in [0.05, 0.1) is 5.56 Å². The Balaban J connectivity index is 1.13. The molecule has 1 aromatic carbocycles. The van der Waals surface area contributed by atoms with Crippen molar-refractivity contribution in [3.63, 3.8) is 0 Å². The molecule has 7 nitrogen and oxygen atoms in total. The van der Waals surface area contributed by atoms with Gasteiger partial charge < -0.3 is 19.4 Å². The molecule has 5 rings (SSSR count). The number of rotatable bonds is 5. The lowest BCUT2D eigenvalue weighted by atomic mass is 9.90. The van der Waals surface area contributed by atoms with Crippen molar-refractivity contribution in [1.29, 1.82) is 0 Å². The van der Waals surface area contributed by atoms with Crippen molar-refractivity contribution in [2.75, 3.05) is 37.6 Å². The van der Waals surface area contributed by atoms with Gasteiger partial charge >= 0.3 is 0 Å². The number of nitrogens with zero attached hydrogens (tertiary/aromatic N) is 4. The Morgan fingerprint density at radius 2 is 1.75 bits per heavy atom. The van der Waals surface area contributed by atoms with E-state index in [9.17, 15) is 9.59 Å². The number of likely N-dealkylation sites (tertiary alicyclic amines) is 1. The lowest BCUT2D eigenvalue weighted by molar-refractivity contribution is -0.120. The Kier molecular flexibility index (Phi) is 6.08. The second-order valence-electron chi connectivity index (χ2n) is 8.95. The maximum atomic E-state index is 12.7. The van der Waals surface area contributed by atoms with Gasteiger partial charge in [0.2, 0.25) is 5.91 Å². The van der Waals surface area contributed by atoms with Crippen molar-refractivity contribution >= 4 is 17.5 Å². The number of aromatic nitrogens is 1. The van der Waals surface area contributed by atoms with Gasteiger partial charge in [-0.15, -0.1) is 0 Å². The van der Waals surface area contributed by atoms with Gasteiger partial charge in [-0.2, -0.15) is 0 Å². The third-order valence-corrected chi connectivity index (χ3v) is 6.94. The molecule has 3 fully saturated rings. The number of carbonyl (C=O) groups excluding carboxylic acids is 2. The Hall–Kier alpha value is -2.93. The van der Waals surface area contributed by atoms with Crippen LogP contribution in [0.2, 0.25) is 0 Å². The maximum absolute atomic E-state index is 12.7. The molecule has 0 N–H and O–H groups in total. The zero-order chi connectivity index (χ0) is 21.9. The smallest absolute Gasteiger partial charge is 0.255 e. The lowest BCUT2D eigenvalue weighted by Gasteiger charge is -2.41. The van der Waals surface area contributed by atoms with Crippen molar-refractivity contribution < 1.29 is 14.3 Å².